The molecule has 2 aliphatic rings. The van der Waals surface area contributed by atoms with Crippen LogP contribution in [0.2, 0.25) is 0 Å². The lowest BCUT2D eigenvalue weighted by Crippen LogP contribution is -2.21. The largest absolute Gasteiger partial charge is 0.392 e. The van der Waals surface area contributed by atoms with Crippen LogP contribution in [0, 0.1) is 10.8 Å². The molecule has 1 saturated carbocycles. The van der Waals surface area contributed by atoms with E-state index in [1.54, 1.807) is 0 Å². The number of hydrogen-bond donors (Lipinski definition) is 1. The van der Waals surface area contributed by atoms with Crippen molar-refractivity contribution >= 4 is 0 Å². The maximum Gasteiger partial charge on any atom is 0.0647 e. The van der Waals surface area contributed by atoms with Gasteiger partial charge in [-0.3, -0.25) is 0 Å². The first-order chi connectivity index (χ1) is 4.12. The van der Waals surface area contributed by atoms with Gasteiger partial charge in [0.25, 0.3) is 0 Å². The van der Waals surface area contributed by atoms with Gasteiger partial charge in [0, 0.05) is 5.41 Å². The first kappa shape index (κ1) is 5.48. The molecule has 0 aromatic heterocycles. The van der Waals surface area contributed by atoms with Crippen molar-refractivity contribution in [3.8, 4) is 0 Å². The fourth-order valence-electron chi connectivity index (χ4n) is 2.07. The number of hydrogen-bond acceptors (Lipinski definition) is 1. The molecule has 0 aromatic rings. The van der Waals surface area contributed by atoms with Crippen molar-refractivity contribution in [1.29, 1.82) is 0 Å². The molecule has 0 heterocycles. The summed E-state index contributed by atoms with van der Waals surface area (Å²) in [7, 11) is 0. The van der Waals surface area contributed by atoms with E-state index < -0.39 is 0 Å². The number of allylic oxidation sites excluding steroid dienone is 1. The van der Waals surface area contributed by atoms with Crippen LogP contribution in [0.3, 0.4) is 0 Å². The average Bonchev–Trinajstić information content (AvgIpc) is 2.18. The molecule has 2 aliphatic carbocycles. The van der Waals surface area contributed by atoms with Gasteiger partial charge in [0.2, 0.25) is 0 Å². The van der Waals surface area contributed by atoms with Crippen LogP contribution in [0.1, 0.15) is 20.3 Å². The molecule has 0 spiro atoms. The summed E-state index contributed by atoms with van der Waals surface area (Å²) < 4.78 is 0. The molecule has 0 saturated heterocycles. The topological polar surface area (TPSA) is 20.2 Å². The quantitative estimate of drug-likeness (QED) is 0.523. The Kier molecular flexibility index (Phi) is 0.672. The van der Waals surface area contributed by atoms with Crippen LogP contribution < -0.4 is 0 Å². The Morgan fingerprint density at radius 2 is 2.33 bits per heavy atom. The molecule has 0 aromatic carbocycles. The summed E-state index contributed by atoms with van der Waals surface area (Å²) in [5.74, 6) is 0. The molecule has 0 radical (unpaired) electrons. The van der Waals surface area contributed by atoms with Gasteiger partial charge < -0.3 is 5.11 Å². The number of aliphatic hydroxyl groups excluding tert-OH is 1. The van der Waals surface area contributed by atoms with Crippen molar-refractivity contribution in [2.24, 2.45) is 10.8 Å². The smallest absolute Gasteiger partial charge is 0.0647 e. The molecule has 2 atom stereocenters. The van der Waals surface area contributed by atoms with E-state index >= 15 is 0 Å². The summed E-state index contributed by atoms with van der Waals surface area (Å²) in [6.07, 6.45) is 3.48. The molecule has 9 heavy (non-hydrogen) atoms. The second-order valence-electron chi connectivity index (χ2n) is 3.75. The number of rotatable bonds is 1. The van der Waals surface area contributed by atoms with E-state index in [2.05, 4.69) is 19.9 Å². The Labute approximate surface area is 55.4 Å². The van der Waals surface area contributed by atoms with Crippen molar-refractivity contribution in [3.05, 3.63) is 11.6 Å². The lowest BCUT2D eigenvalue weighted by atomic mass is 9.77. The normalized spacial score (nSPS) is 53.4. The zero-order chi connectivity index (χ0) is 6.70. The van der Waals surface area contributed by atoms with E-state index in [0.29, 0.717) is 10.8 Å². The van der Waals surface area contributed by atoms with Crippen LogP contribution in [0.4, 0.5) is 0 Å². The molecule has 2 rings (SSSR count). The summed E-state index contributed by atoms with van der Waals surface area (Å²) in [6.45, 7) is 4.76. The summed E-state index contributed by atoms with van der Waals surface area (Å²) in [5.41, 5.74) is 2.14. The summed E-state index contributed by atoms with van der Waals surface area (Å²) in [5, 5.41) is 8.79. The Balaban J connectivity index is 2.28. The van der Waals surface area contributed by atoms with Gasteiger partial charge in [-0.25, -0.2) is 0 Å². The van der Waals surface area contributed by atoms with Crippen molar-refractivity contribution in [2.45, 2.75) is 20.3 Å². The van der Waals surface area contributed by atoms with E-state index in [-0.39, 0.29) is 6.61 Å². The molecule has 1 heteroatoms. The second kappa shape index (κ2) is 1.10. The highest BCUT2D eigenvalue weighted by Gasteiger charge is 2.67. The van der Waals surface area contributed by atoms with E-state index in [9.17, 15) is 0 Å². The van der Waals surface area contributed by atoms with Crippen molar-refractivity contribution in [1.82, 2.24) is 0 Å². The summed E-state index contributed by atoms with van der Waals surface area (Å²) >= 11 is 0. The Morgan fingerprint density at radius 1 is 1.67 bits per heavy atom. The monoisotopic (exact) mass is 124 g/mol. The van der Waals surface area contributed by atoms with Crippen molar-refractivity contribution in [2.75, 3.05) is 6.61 Å². The van der Waals surface area contributed by atoms with E-state index in [4.69, 9.17) is 5.11 Å². The molecule has 1 fully saturated rings. The Hall–Kier alpha value is -0.300. The van der Waals surface area contributed by atoms with Gasteiger partial charge in [0.05, 0.1) is 6.61 Å². The Morgan fingerprint density at radius 3 is 2.44 bits per heavy atom. The molecular formula is C8H12O. The van der Waals surface area contributed by atoms with Gasteiger partial charge in [-0.1, -0.05) is 19.9 Å². The summed E-state index contributed by atoms with van der Waals surface area (Å²) in [4.78, 5) is 0. The first-order valence-electron chi connectivity index (χ1n) is 3.45. The van der Waals surface area contributed by atoms with Gasteiger partial charge in [-0.15, -0.1) is 0 Å². The Bertz CT molecular complexity index is 195. The number of fused-ring (bicyclic) bond motifs is 1. The zero-order valence-corrected chi connectivity index (χ0v) is 5.94. The van der Waals surface area contributed by atoms with Crippen LogP contribution in [0.15, 0.2) is 11.6 Å². The maximum atomic E-state index is 8.79. The lowest BCUT2D eigenvalue weighted by Gasteiger charge is -2.28. The predicted octanol–water partition coefficient (Wildman–Crippen LogP) is 1.33. The zero-order valence-electron chi connectivity index (χ0n) is 5.94. The molecule has 0 amide bonds. The highest BCUT2D eigenvalue weighted by molar-refractivity contribution is 5.45. The van der Waals surface area contributed by atoms with E-state index in [1.807, 2.05) is 0 Å². The van der Waals surface area contributed by atoms with Crippen LogP contribution >= 0.6 is 0 Å². The van der Waals surface area contributed by atoms with Gasteiger partial charge in [0.1, 0.15) is 0 Å². The average molecular weight is 124 g/mol. The molecule has 1 N–H and O–H groups in total. The van der Waals surface area contributed by atoms with Gasteiger partial charge >= 0.3 is 0 Å². The minimum atomic E-state index is 0.270. The van der Waals surface area contributed by atoms with Gasteiger partial charge in [-0.2, -0.15) is 0 Å². The molecule has 50 valence electrons. The fourth-order valence-corrected chi connectivity index (χ4v) is 2.07. The van der Waals surface area contributed by atoms with Gasteiger partial charge in [0.15, 0.2) is 0 Å². The molecule has 0 aliphatic heterocycles. The van der Waals surface area contributed by atoms with E-state index in [0.717, 1.165) is 0 Å². The van der Waals surface area contributed by atoms with Crippen molar-refractivity contribution in [3.63, 3.8) is 0 Å². The molecular weight excluding hydrogens is 112 g/mol. The highest BCUT2D eigenvalue weighted by atomic mass is 16.3. The molecule has 2 unspecified atom stereocenters. The summed E-state index contributed by atoms with van der Waals surface area (Å²) in [6, 6.07) is 0. The van der Waals surface area contributed by atoms with Crippen LogP contribution in [-0.2, 0) is 0 Å². The second-order valence-corrected chi connectivity index (χ2v) is 3.75. The third kappa shape index (κ3) is 0.379. The third-order valence-corrected chi connectivity index (χ3v) is 3.23. The highest BCUT2D eigenvalue weighted by Crippen LogP contribution is 2.75. The first-order valence-corrected chi connectivity index (χ1v) is 3.45. The minimum absolute atomic E-state index is 0.270. The fraction of sp³-hybridized carbons (Fsp3) is 0.750. The third-order valence-electron chi connectivity index (χ3n) is 3.23. The van der Waals surface area contributed by atoms with Gasteiger partial charge in [-0.05, 0) is 17.4 Å². The molecule has 1 nitrogen and oxygen atoms in total. The number of aliphatic hydroxyl groups is 1. The molecule has 0 bridgehead atoms. The van der Waals surface area contributed by atoms with Crippen LogP contribution in [-0.4, -0.2) is 11.7 Å². The minimum Gasteiger partial charge on any atom is -0.392 e. The standard InChI is InChI=1S/C8H12O/c1-7-3-6(4-9)8(7,2)5-7/h3,9H,4-5H2,1-2H3. The predicted molar refractivity (Wildman–Crippen MR) is 36.0 cm³/mol. The maximum absolute atomic E-state index is 8.79. The SMILES string of the molecule is CC12C=C(CO)C1(C)C2. The van der Waals surface area contributed by atoms with Crippen LogP contribution in [0.25, 0.3) is 0 Å². The lowest BCUT2D eigenvalue weighted by molar-refractivity contribution is 0.286. The van der Waals surface area contributed by atoms with Crippen LogP contribution in [0.5, 0.6) is 0 Å². The van der Waals surface area contributed by atoms with Crippen molar-refractivity contribution < 1.29 is 5.11 Å². The van der Waals surface area contributed by atoms with E-state index in [1.165, 1.54) is 12.0 Å².